The lowest BCUT2D eigenvalue weighted by Gasteiger charge is -2.09. The van der Waals surface area contributed by atoms with Crippen LogP contribution in [0.25, 0.3) is 0 Å². The Bertz CT molecular complexity index is 538. The molecule has 0 atom stereocenters. The zero-order valence-electron chi connectivity index (χ0n) is 11.7. The molecule has 0 heterocycles. The van der Waals surface area contributed by atoms with Crippen molar-refractivity contribution < 1.29 is 13.2 Å². The van der Waals surface area contributed by atoms with Gasteiger partial charge in [0, 0.05) is 25.2 Å². The summed E-state index contributed by atoms with van der Waals surface area (Å²) in [6.07, 6.45) is 0. The fourth-order valence-electron chi connectivity index (χ4n) is 1.43. The van der Waals surface area contributed by atoms with Crippen LogP contribution < -0.4 is 15.8 Å². The molecule has 7 heteroatoms. The molecule has 1 aromatic carbocycles. The topological polar surface area (TPSA) is 101 Å². The second-order valence-corrected chi connectivity index (χ2v) is 6.58. The van der Waals surface area contributed by atoms with Crippen molar-refractivity contribution in [3.05, 3.63) is 29.8 Å². The van der Waals surface area contributed by atoms with Crippen LogP contribution in [-0.4, -0.2) is 34.0 Å². The van der Waals surface area contributed by atoms with Gasteiger partial charge in [-0.15, -0.1) is 0 Å². The average molecular weight is 299 g/mol. The number of nitrogens with two attached hydrogens (primary N) is 1. The van der Waals surface area contributed by atoms with E-state index in [-0.39, 0.29) is 16.7 Å². The Balaban J connectivity index is 2.77. The summed E-state index contributed by atoms with van der Waals surface area (Å²) in [6, 6.07) is 5.80. The molecule has 0 aromatic heterocycles. The minimum absolute atomic E-state index is 0.147. The lowest BCUT2D eigenvalue weighted by Crippen LogP contribution is -2.29. The number of carbonyl (C=O) groups excluding carboxylic acids is 1. The SMILES string of the molecule is CC(C)CNS(=O)(=O)c1ccc(C(=O)NCCN)cc1. The largest absolute Gasteiger partial charge is 0.351 e. The van der Waals surface area contributed by atoms with Crippen LogP contribution in [0.3, 0.4) is 0 Å². The summed E-state index contributed by atoms with van der Waals surface area (Å²) in [6.45, 7) is 4.97. The number of amides is 1. The summed E-state index contributed by atoms with van der Waals surface area (Å²) in [5.41, 5.74) is 5.70. The second-order valence-electron chi connectivity index (χ2n) is 4.81. The van der Waals surface area contributed by atoms with Crippen molar-refractivity contribution in [2.24, 2.45) is 11.7 Å². The van der Waals surface area contributed by atoms with Gasteiger partial charge in [0.1, 0.15) is 0 Å². The number of hydrogen-bond acceptors (Lipinski definition) is 4. The van der Waals surface area contributed by atoms with Gasteiger partial charge in [0.2, 0.25) is 10.0 Å². The Morgan fingerprint density at radius 3 is 2.35 bits per heavy atom. The molecule has 0 spiro atoms. The van der Waals surface area contributed by atoms with E-state index >= 15 is 0 Å². The number of rotatable bonds is 7. The Morgan fingerprint density at radius 2 is 1.85 bits per heavy atom. The molecule has 1 rings (SSSR count). The van der Waals surface area contributed by atoms with Crippen molar-refractivity contribution in [3.8, 4) is 0 Å². The van der Waals surface area contributed by atoms with E-state index in [2.05, 4.69) is 10.0 Å². The standard InChI is InChI=1S/C13H21N3O3S/c1-10(2)9-16-20(18,19)12-5-3-11(4-6-12)13(17)15-8-7-14/h3-6,10,16H,7-9,14H2,1-2H3,(H,15,17). The highest BCUT2D eigenvalue weighted by Gasteiger charge is 2.14. The number of benzene rings is 1. The van der Waals surface area contributed by atoms with Gasteiger partial charge in [-0.3, -0.25) is 4.79 Å². The summed E-state index contributed by atoms with van der Waals surface area (Å²) in [5, 5.41) is 2.62. The van der Waals surface area contributed by atoms with E-state index in [0.717, 1.165) is 0 Å². The van der Waals surface area contributed by atoms with Crippen molar-refractivity contribution in [2.45, 2.75) is 18.7 Å². The number of sulfonamides is 1. The molecule has 1 amide bonds. The zero-order valence-corrected chi connectivity index (χ0v) is 12.5. The molecule has 0 saturated carbocycles. The molecule has 0 aliphatic heterocycles. The number of nitrogens with one attached hydrogen (secondary N) is 2. The van der Waals surface area contributed by atoms with Crippen molar-refractivity contribution in [3.63, 3.8) is 0 Å². The van der Waals surface area contributed by atoms with Crippen LogP contribution in [0.1, 0.15) is 24.2 Å². The van der Waals surface area contributed by atoms with Crippen molar-refractivity contribution in [1.82, 2.24) is 10.0 Å². The van der Waals surface area contributed by atoms with Gasteiger partial charge in [-0.2, -0.15) is 0 Å². The summed E-state index contributed by atoms with van der Waals surface area (Å²) in [4.78, 5) is 11.8. The summed E-state index contributed by atoms with van der Waals surface area (Å²) < 4.78 is 26.4. The van der Waals surface area contributed by atoms with Gasteiger partial charge in [-0.05, 0) is 30.2 Å². The molecule has 1 aromatic rings. The number of hydrogen-bond donors (Lipinski definition) is 3. The van der Waals surface area contributed by atoms with Crippen molar-refractivity contribution in [2.75, 3.05) is 19.6 Å². The van der Waals surface area contributed by atoms with Crippen LogP contribution in [-0.2, 0) is 10.0 Å². The summed E-state index contributed by atoms with van der Waals surface area (Å²) in [7, 11) is -3.52. The van der Waals surface area contributed by atoms with E-state index in [1.807, 2.05) is 13.8 Å². The van der Waals surface area contributed by atoms with Gasteiger partial charge in [0.15, 0.2) is 0 Å². The molecular weight excluding hydrogens is 278 g/mol. The Kier molecular flexibility index (Phi) is 6.12. The molecular formula is C13H21N3O3S. The first kappa shape index (κ1) is 16.6. The van der Waals surface area contributed by atoms with Crippen LogP contribution in [0.5, 0.6) is 0 Å². The minimum atomic E-state index is -3.52. The minimum Gasteiger partial charge on any atom is -0.351 e. The normalized spacial score (nSPS) is 11.6. The monoisotopic (exact) mass is 299 g/mol. The fourth-order valence-corrected chi connectivity index (χ4v) is 2.65. The van der Waals surface area contributed by atoms with Gasteiger partial charge in [-0.25, -0.2) is 13.1 Å². The Morgan fingerprint density at radius 1 is 1.25 bits per heavy atom. The quantitative estimate of drug-likeness (QED) is 0.674. The Hall–Kier alpha value is -1.44. The maximum absolute atomic E-state index is 12.0. The number of carbonyl (C=O) groups is 1. The molecule has 6 nitrogen and oxygen atoms in total. The highest BCUT2D eigenvalue weighted by molar-refractivity contribution is 7.89. The lowest BCUT2D eigenvalue weighted by molar-refractivity contribution is 0.0954. The molecule has 0 aliphatic carbocycles. The average Bonchev–Trinajstić information content (AvgIpc) is 2.43. The highest BCUT2D eigenvalue weighted by atomic mass is 32.2. The first-order valence-corrected chi connectivity index (χ1v) is 7.93. The first-order valence-electron chi connectivity index (χ1n) is 6.45. The van der Waals surface area contributed by atoms with E-state index in [1.165, 1.54) is 24.3 Å². The maximum atomic E-state index is 12.0. The van der Waals surface area contributed by atoms with E-state index in [9.17, 15) is 13.2 Å². The molecule has 0 radical (unpaired) electrons. The summed E-state index contributed by atoms with van der Waals surface area (Å²) in [5.74, 6) is -0.0411. The van der Waals surface area contributed by atoms with E-state index in [4.69, 9.17) is 5.73 Å². The molecule has 0 aliphatic rings. The molecule has 0 unspecified atom stereocenters. The van der Waals surface area contributed by atoms with Crippen LogP contribution in [0, 0.1) is 5.92 Å². The van der Waals surface area contributed by atoms with Crippen LogP contribution in [0.2, 0.25) is 0 Å². The molecule has 20 heavy (non-hydrogen) atoms. The van der Waals surface area contributed by atoms with Gasteiger partial charge >= 0.3 is 0 Å². The molecule has 0 saturated heterocycles. The predicted octanol–water partition coefficient (Wildman–Crippen LogP) is 0.309. The second kappa shape index (κ2) is 7.37. The van der Waals surface area contributed by atoms with Crippen molar-refractivity contribution >= 4 is 15.9 Å². The Labute approximate surface area is 119 Å². The predicted molar refractivity (Wildman–Crippen MR) is 77.9 cm³/mol. The summed E-state index contributed by atoms with van der Waals surface area (Å²) >= 11 is 0. The van der Waals surface area contributed by atoms with Crippen LogP contribution in [0.15, 0.2) is 29.2 Å². The first-order chi connectivity index (χ1) is 9.36. The molecule has 112 valence electrons. The third-order valence-corrected chi connectivity index (χ3v) is 3.98. The fraction of sp³-hybridized carbons (Fsp3) is 0.462. The maximum Gasteiger partial charge on any atom is 0.251 e. The smallest absolute Gasteiger partial charge is 0.251 e. The highest BCUT2D eigenvalue weighted by Crippen LogP contribution is 2.10. The van der Waals surface area contributed by atoms with E-state index in [1.54, 1.807) is 0 Å². The van der Waals surface area contributed by atoms with Crippen LogP contribution in [0.4, 0.5) is 0 Å². The van der Waals surface area contributed by atoms with E-state index < -0.39 is 10.0 Å². The van der Waals surface area contributed by atoms with Crippen molar-refractivity contribution in [1.29, 1.82) is 0 Å². The lowest BCUT2D eigenvalue weighted by atomic mass is 10.2. The molecule has 0 bridgehead atoms. The molecule has 0 fully saturated rings. The van der Waals surface area contributed by atoms with Gasteiger partial charge in [-0.1, -0.05) is 13.8 Å². The van der Waals surface area contributed by atoms with Gasteiger partial charge in [0.05, 0.1) is 4.90 Å². The van der Waals surface area contributed by atoms with Crippen LogP contribution >= 0.6 is 0 Å². The molecule has 4 N–H and O–H groups in total. The third kappa shape index (κ3) is 4.92. The van der Waals surface area contributed by atoms with Gasteiger partial charge in [0.25, 0.3) is 5.91 Å². The van der Waals surface area contributed by atoms with E-state index in [0.29, 0.717) is 25.2 Å². The van der Waals surface area contributed by atoms with Gasteiger partial charge < -0.3 is 11.1 Å². The third-order valence-electron chi connectivity index (χ3n) is 2.54. The zero-order chi connectivity index (χ0) is 15.2.